The van der Waals surface area contributed by atoms with Crippen LogP contribution in [0, 0.1) is 0 Å². The van der Waals surface area contributed by atoms with Gasteiger partial charge in [-0.25, -0.2) is 16.8 Å². The van der Waals surface area contributed by atoms with Crippen LogP contribution in [0.15, 0.2) is 46.2 Å². The molecular weight excluding hydrogens is 388 g/mol. The Kier molecular flexibility index (Phi) is 5.54. The second-order valence-electron chi connectivity index (χ2n) is 5.02. The molecular formula is C14H16N2O8S2. The minimum Gasteiger partial charge on any atom is -0.744 e. The number of rotatable bonds is 2. The van der Waals surface area contributed by atoms with Crippen molar-refractivity contribution in [1.82, 2.24) is 12.3 Å². The van der Waals surface area contributed by atoms with Gasteiger partial charge in [-0.3, -0.25) is 0 Å². The summed E-state index contributed by atoms with van der Waals surface area (Å²) in [5, 5.41) is 20.3. The molecule has 0 atom stereocenters. The quantitative estimate of drug-likeness (QED) is 0.279. The van der Waals surface area contributed by atoms with E-state index in [-0.39, 0.29) is 39.6 Å². The largest absolute Gasteiger partial charge is 0.744 e. The number of fused-ring (bicyclic) bond motifs is 2. The minimum absolute atomic E-state index is 0. The third-order valence-electron chi connectivity index (χ3n) is 3.58. The van der Waals surface area contributed by atoms with Gasteiger partial charge < -0.3 is 31.6 Å². The molecule has 12 heteroatoms. The Balaban J connectivity index is 0.00000169. The maximum absolute atomic E-state index is 11.1. The second-order valence-corrected chi connectivity index (χ2v) is 7.78. The Morgan fingerprint density at radius 2 is 0.923 bits per heavy atom. The van der Waals surface area contributed by atoms with E-state index in [1.807, 2.05) is 0 Å². The molecule has 3 rings (SSSR count). The zero-order valence-electron chi connectivity index (χ0n) is 13.6. The summed E-state index contributed by atoms with van der Waals surface area (Å²) in [5.74, 6) is -0.920. The summed E-state index contributed by atoms with van der Waals surface area (Å²) < 4.78 is 66.6. The topological polar surface area (TPSA) is 228 Å². The highest BCUT2D eigenvalue weighted by Gasteiger charge is 2.16. The van der Waals surface area contributed by atoms with Crippen molar-refractivity contribution in [2.45, 2.75) is 9.79 Å². The number of hydrogen-bond donors (Lipinski definition) is 4. The highest BCUT2D eigenvalue weighted by Crippen LogP contribution is 2.42. The molecule has 0 aliphatic rings. The van der Waals surface area contributed by atoms with Crippen LogP contribution in [-0.2, 0) is 20.2 Å². The number of phenolic OH excluding ortho intramolecular Hbond substituents is 2. The number of hydrogen-bond acceptors (Lipinski definition) is 8. The van der Waals surface area contributed by atoms with Crippen molar-refractivity contribution in [1.29, 1.82) is 0 Å². The molecule has 0 fully saturated rings. The monoisotopic (exact) mass is 404 g/mol. The Morgan fingerprint density at radius 3 is 1.23 bits per heavy atom. The summed E-state index contributed by atoms with van der Waals surface area (Å²) in [6, 6.07) is 5.98. The highest BCUT2D eigenvalue weighted by atomic mass is 32.2. The number of aromatic hydroxyl groups is 2. The van der Waals surface area contributed by atoms with E-state index in [0.717, 1.165) is 36.4 Å². The first kappa shape index (κ1) is 21.6. The Hall–Kier alpha value is -2.48. The van der Waals surface area contributed by atoms with Gasteiger partial charge in [0.2, 0.25) is 0 Å². The molecule has 0 radical (unpaired) electrons. The van der Waals surface area contributed by atoms with Gasteiger partial charge in [0, 0.05) is 21.5 Å². The molecule has 0 heterocycles. The third-order valence-corrected chi connectivity index (χ3v) is 5.24. The zero-order valence-corrected chi connectivity index (χ0v) is 15.3. The average molecular weight is 404 g/mol. The predicted octanol–water partition coefficient (Wildman–Crippen LogP) is 1.96. The van der Waals surface area contributed by atoms with Gasteiger partial charge in [0.25, 0.3) is 0 Å². The average Bonchev–Trinajstić information content (AvgIpc) is 2.49. The summed E-state index contributed by atoms with van der Waals surface area (Å²) >= 11 is 0. The number of phenols is 2. The van der Waals surface area contributed by atoms with Crippen molar-refractivity contribution in [3.05, 3.63) is 36.4 Å². The first-order valence-corrected chi connectivity index (χ1v) is 9.15. The molecule has 3 aromatic carbocycles. The standard InChI is InChI=1S/C14H10O8S2.2H3N/c15-13-9-3-1-7(23(17,18)19)5-11(9)14(16)12-6-8(24(20,21)22)2-4-10(12)13;;/h1-6,15-16H,(H,17,18,19)(H,20,21,22);2*1H3. The molecule has 10 nitrogen and oxygen atoms in total. The van der Waals surface area contributed by atoms with Gasteiger partial charge in [-0.2, -0.15) is 0 Å². The lowest BCUT2D eigenvalue weighted by Gasteiger charge is -2.14. The fraction of sp³-hybridized carbons (Fsp3) is 0. The fourth-order valence-electron chi connectivity index (χ4n) is 2.45. The van der Waals surface area contributed by atoms with Gasteiger partial charge in [-0.15, -0.1) is 0 Å². The van der Waals surface area contributed by atoms with Gasteiger partial charge in [0.1, 0.15) is 31.7 Å². The lowest BCUT2D eigenvalue weighted by molar-refractivity contribution is 0.461. The van der Waals surface area contributed by atoms with Crippen LogP contribution in [0.25, 0.3) is 21.5 Å². The van der Waals surface area contributed by atoms with E-state index >= 15 is 0 Å². The van der Waals surface area contributed by atoms with Crippen LogP contribution >= 0.6 is 0 Å². The predicted molar refractivity (Wildman–Crippen MR) is 92.7 cm³/mol. The van der Waals surface area contributed by atoms with Crippen LogP contribution < -0.4 is 12.3 Å². The van der Waals surface area contributed by atoms with Crippen molar-refractivity contribution >= 4 is 41.8 Å². The van der Waals surface area contributed by atoms with E-state index in [1.165, 1.54) is 0 Å². The first-order valence-electron chi connectivity index (χ1n) is 6.33. The molecule has 26 heavy (non-hydrogen) atoms. The van der Waals surface area contributed by atoms with Crippen molar-refractivity contribution in [3.8, 4) is 11.5 Å². The summed E-state index contributed by atoms with van der Waals surface area (Å²) in [4.78, 5) is -1.26. The molecule has 0 aliphatic heterocycles. The molecule has 0 unspecified atom stereocenters. The summed E-state index contributed by atoms with van der Waals surface area (Å²) in [6.45, 7) is 0. The van der Waals surface area contributed by atoms with Crippen LogP contribution in [0.2, 0.25) is 0 Å². The molecule has 0 bridgehead atoms. The second kappa shape index (κ2) is 6.68. The van der Waals surface area contributed by atoms with E-state index < -0.39 is 35.8 Å². The summed E-state index contributed by atoms with van der Waals surface area (Å²) in [6.07, 6.45) is 0. The molecule has 0 aliphatic carbocycles. The van der Waals surface area contributed by atoms with Crippen molar-refractivity contribution in [2.75, 3.05) is 0 Å². The Morgan fingerprint density at radius 1 is 0.615 bits per heavy atom. The van der Waals surface area contributed by atoms with Gasteiger partial charge >= 0.3 is 0 Å². The van der Waals surface area contributed by atoms with Gasteiger partial charge in [0.05, 0.1) is 9.79 Å². The zero-order chi connectivity index (χ0) is 17.9. The SMILES string of the molecule is O=S(=O)([O-])c1ccc2c(O)c3ccc(S(=O)(=O)[O-])cc3c(O)c2c1.[NH4+].[NH4+]. The van der Waals surface area contributed by atoms with Crippen molar-refractivity contribution in [2.24, 2.45) is 0 Å². The molecule has 0 saturated heterocycles. The van der Waals surface area contributed by atoms with Crippen LogP contribution in [0.5, 0.6) is 11.5 Å². The third kappa shape index (κ3) is 3.41. The Bertz CT molecular complexity index is 1130. The summed E-state index contributed by atoms with van der Waals surface area (Å²) in [7, 11) is -9.59. The Labute approximate surface area is 148 Å². The lowest BCUT2D eigenvalue weighted by Crippen LogP contribution is -1.99. The van der Waals surface area contributed by atoms with E-state index in [0.29, 0.717) is 0 Å². The van der Waals surface area contributed by atoms with Crippen LogP contribution in [-0.4, -0.2) is 36.2 Å². The van der Waals surface area contributed by atoms with E-state index in [9.17, 15) is 36.2 Å². The van der Waals surface area contributed by atoms with E-state index in [2.05, 4.69) is 0 Å². The molecule has 3 aromatic rings. The first-order chi connectivity index (χ1) is 11.0. The maximum atomic E-state index is 11.1. The number of quaternary nitrogens is 2. The summed E-state index contributed by atoms with van der Waals surface area (Å²) in [5.41, 5.74) is 0. The van der Waals surface area contributed by atoms with E-state index in [4.69, 9.17) is 0 Å². The van der Waals surface area contributed by atoms with E-state index in [1.54, 1.807) is 0 Å². The lowest BCUT2D eigenvalue weighted by atomic mass is 10.0. The molecule has 0 spiro atoms. The minimum atomic E-state index is -4.80. The number of benzene rings is 3. The van der Waals surface area contributed by atoms with Crippen molar-refractivity contribution in [3.63, 3.8) is 0 Å². The fourth-order valence-corrected chi connectivity index (χ4v) is 3.45. The normalized spacial score (nSPS) is 11.8. The van der Waals surface area contributed by atoms with Crippen molar-refractivity contribution < 1.29 is 36.2 Å². The maximum Gasteiger partial charge on any atom is 0.131 e. The van der Waals surface area contributed by atoms with Crippen LogP contribution in [0.1, 0.15) is 0 Å². The van der Waals surface area contributed by atoms with Gasteiger partial charge in [0.15, 0.2) is 0 Å². The smallest absolute Gasteiger partial charge is 0.131 e. The molecule has 0 amide bonds. The van der Waals surface area contributed by atoms with Crippen LogP contribution in [0.3, 0.4) is 0 Å². The molecule has 0 aromatic heterocycles. The highest BCUT2D eigenvalue weighted by molar-refractivity contribution is 7.86. The molecule has 0 saturated carbocycles. The van der Waals surface area contributed by atoms with Gasteiger partial charge in [-0.05, 0) is 36.4 Å². The molecule has 142 valence electrons. The van der Waals surface area contributed by atoms with Crippen LogP contribution in [0.4, 0.5) is 0 Å². The molecule has 10 N–H and O–H groups in total. The van der Waals surface area contributed by atoms with Gasteiger partial charge in [-0.1, -0.05) is 0 Å².